The van der Waals surface area contributed by atoms with Crippen molar-refractivity contribution in [3.05, 3.63) is 0 Å². The van der Waals surface area contributed by atoms with Crippen molar-refractivity contribution < 1.29 is 4.79 Å². The number of carbonyl (C=O) groups excluding carboxylic acids is 1. The molecule has 0 saturated heterocycles. The first kappa shape index (κ1) is 10.7. The van der Waals surface area contributed by atoms with Crippen molar-refractivity contribution >= 4 is 18.0 Å². The molecule has 0 aromatic rings. The normalized spacial score (nSPS) is 8.50. The van der Waals surface area contributed by atoms with E-state index in [1.165, 1.54) is 0 Å². The number of nitrogens with two attached hydrogens (primary N) is 1. The lowest BCUT2D eigenvalue weighted by Gasteiger charge is -1.94. The SMILES string of the molecule is CC=[N+]=C(N)NCCCC(C)=O. The van der Waals surface area contributed by atoms with Crippen LogP contribution in [0.25, 0.3) is 0 Å². The minimum atomic E-state index is 0.203. The smallest absolute Gasteiger partial charge is 0.300 e. The van der Waals surface area contributed by atoms with E-state index in [4.69, 9.17) is 5.73 Å². The third-order valence-electron chi connectivity index (χ3n) is 1.28. The van der Waals surface area contributed by atoms with E-state index in [1.54, 1.807) is 20.1 Å². The van der Waals surface area contributed by atoms with E-state index in [1.807, 2.05) is 0 Å². The Morgan fingerprint density at radius 1 is 1.67 bits per heavy atom. The molecule has 0 radical (unpaired) electrons. The fraction of sp³-hybridized carbons (Fsp3) is 0.625. The third-order valence-corrected chi connectivity index (χ3v) is 1.28. The van der Waals surface area contributed by atoms with Gasteiger partial charge in [0.1, 0.15) is 12.0 Å². The molecule has 0 fully saturated rings. The first-order chi connectivity index (χ1) is 5.66. The highest BCUT2D eigenvalue weighted by Crippen LogP contribution is 1.86. The molecule has 0 bridgehead atoms. The highest BCUT2D eigenvalue weighted by Gasteiger charge is 1.98. The summed E-state index contributed by atoms with van der Waals surface area (Å²) in [5.41, 5.74) is 5.42. The van der Waals surface area contributed by atoms with Crippen LogP contribution in [0, 0.1) is 0 Å². The van der Waals surface area contributed by atoms with E-state index in [0.717, 1.165) is 6.42 Å². The zero-order valence-electron chi connectivity index (χ0n) is 7.63. The predicted octanol–water partition coefficient (Wildman–Crippen LogP) is -0.582. The number of rotatable bonds is 4. The molecule has 0 amide bonds. The van der Waals surface area contributed by atoms with Crippen molar-refractivity contribution in [1.29, 1.82) is 0 Å². The Hall–Kier alpha value is -1.28. The maximum atomic E-state index is 10.5. The van der Waals surface area contributed by atoms with Crippen LogP contribution in [0.4, 0.5) is 0 Å². The molecule has 0 aromatic heterocycles. The van der Waals surface area contributed by atoms with Crippen molar-refractivity contribution in [1.82, 2.24) is 9.98 Å². The minimum Gasteiger partial charge on any atom is -0.300 e. The van der Waals surface area contributed by atoms with Crippen molar-refractivity contribution in [2.75, 3.05) is 6.54 Å². The molecule has 0 spiro atoms. The largest absolute Gasteiger partial charge is 0.435 e. The van der Waals surface area contributed by atoms with Gasteiger partial charge in [-0.3, -0.25) is 11.1 Å². The van der Waals surface area contributed by atoms with E-state index in [2.05, 4.69) is 9.98 Å². The Bertz CT molecular complexity index is 204. The lowest BCUT2D eigenvalue weighted by molar-refractivity contribution is -0.117. The van der Waals surface area contributed by atoms with Crippen molar-refractivity contribution in [3.8, 4) is 0 Å². The molecule has 0 atom stereocenters. The predicted molar refractivity (Wildman–Crippen MR) is 51.0 cm³/mol. The molecule has 4 nitrogen and oxygen atoms in total. The van der Waals surface area contributed by atoms with Crippen LogP contribution in [0.5, 0.6) is 0 Å². The Kier molecular flexibility index (Phi) is 5.75. The second-order valence-electron chi connectivity index (χ2n) is 2.50. The number of nitrogens with zero attached hydrogens (tertiary/aromatic N) is 1. The zero-order chi connectivity index (χ0) is 9.40. The van der Waals surface area contributed by atoms with Crippen LogP contribution in [0.1, 0.15) is 26.7 Å². The molecule has 0 aromatic carbocycles. The fourth-order valence-corrected chi connectivity index (χ4v) is 0.739. The monoisotopic (exact) mass is 170 g/mol. The number of ketones is 1. The summed E-state index contributed by atoms with van der Waals surface area (Å²) in [6.45, 7) is 4.07. The second-order valence-corrected chi connectivity index (χ2v) is 2.50. The molecule has 0 aliphatic carbocycles. The van der Waals surface area contributed by atoms with Gasteiger partial charge in [0.05, 0.1) is 6.54 Å². The molecule has 0 aliphatic heterocycles. The number of hydrogen-bond donors (Lipinski definition) is 2. The summed E-state index contributed by atoms with van der Waals surface area (Å²) in [5, 5.41) is 2.88. The standard InChI is InChI=1S/C8H15N3O/c1-3-10-8(9)11-6-4-5-7(2)12/h3H,4-6H2,1-2H3,(H2,9,11)/p+1. The molecular formula is C8H16N3O+. The summed E-state index contributed by atoms with van der Waals surface area (Å²) in [7, 11) is 0. The molecule has 12 heavy (non-hydrogen) atoms. The van der Waals surface area contributed by atoms with Gasteiger partial charge in [0.2, 0.25) is 0 Å². The van der Waals surface area contributed by atoms with Crippen molar-refractivity contribution in [2.24, 2.45) is 5.73 Å². The molecule has 0 saturated carbocycles. The van der Waals surface area contributed by atoms with Gasteiger partial charge >= 0.3 is 5.96 Å². The molecular weight excluding hydrogens is 154 g/mol. The Balaban J connectivity index is 3.44. The van der Waals surface area contributed by atoms with Gasteiger partial charge in [0, 0.05) is 6.42 Å². The maximum Gasteiger partial charge on any atom is 0.435 e. The van der Waals surface area contributed by atoms with Gasteiger partial charge in [0.25, 0.3) is 0 Å². The second kappa shape index (κ2) is 6.43. The molecule has 3 N–H and O–H groups in total. The first-order valence-electron chi connectivity index (χ1n) is 4.01. The van der Waals surface area contributed by atoms with Crippen LogP contribution in [0.15, 0.2) is 0 Å². The quantitative estimate of drug-likeness (QED) is 0.257. The summed E-state index contributed by atoms with van der Waals surface area (Å²) in [5.74, 6) is 0.607. The third kappa shape index (κ3) is 6.83. The van der Waals surface area contributed by atoms with E-state index in [9.17, 15) is 4.79 Å². The topological polar surface area (TPSA) is 69.2 Å². The van der Waals surface area contributed by atoms with Crippen molar-refractivity contribution in [3.63, 3.8) is 0 Å². The van der Waals surface area contributed by atoms with Crippen LogP contribution in [0.3, 0.4) is 0 Å². The average Bonchev–Trinajstić information content (AvgIpc) is 1.98. The van der Waals surface area contributed by atoms with Gasteiger partial charge in [-0.25, -0.2) is 4.67 Å². The Morgan fingerprint density at radius 2 is 2.33 bits per heavy atom. The molecule has 68 valence electrons. The molecule has 0 rings (SSSR count). The zero-order valence-corrected chi connectivity index (χ0v) is 7.63. The van der Waals surface area contributed by atoms with Crippen LogP contribution < -0.4 is 15.7 Å². The summed E-state index contributed by atoms with van der Waals surface area (Å²) in [4.78, 5) is 10.5. The number of guanidine groups is 1. The molecule has 0 unspecified atom stereocenters. The van der Waals surface area contributed by atoms with Crippen LogP contribution in [-0.4, -0.2) is 24.5 Å². The lowest BCUT2D eigenvalue weighted by Crippen LogP contribution is -2.34. The molecule has 4 heteroatoms. The summed E-state index contributed by atoms with van der Waals surface area (Å²) in [6, 6.07) is 0. The average molecular weight is 170 g/mol. The highest BCUT2D eigenvalue weighted by molar-refractivity contribution is 5.80. The number of hydrogen-bond acceptors (Lipinski definition) is 1. The lowest BCUT2D eigenvalue weighted by atomic mass is 10.2. The Morgan fingerprint density at radius 3 is 2.83 bits per heavy atom. The Labute approximate surface area is 72.6 Å². The summed E-state index contributed by atoms with van der Waals surface area (Å²) >= 11 is 0. The van der Waals surface area contributed by atoms with Crippen LogP contribution >= 0.6 is 0 Å². The van der Waals surface area contributed by atoms with E-state index < -0.39 is 0 Å². The summed E-state index contributed by atoms with van der Waals surface area (Å²) < 4.78 is 3.81. The van der Waals surface area contributed by atoms with Crippen molar-refractivity contribution in [2.45, 2.75) is 26.7 Å². The van der Waals surface area contributed by atoms with Gasteiger partial charge in [-0.2, -0.15) is 0 Å². The first-order valence-corrected chi connectivity index (χ1v) is 4.01. The highest BCUT2D eigenvalue weighted by atomic mass is 16.1. The maximum absolute atomic E-state index is 10.5. The molecule has 0 heterocycles. The fourth-order valence-electron chi connectivity index (χ4n) is 0.739. The van der Waals surface area contributed by atoms with Gasteiger partial charge < -0.3 is 4.79 Å². The van der Waals surface area contributed by atoms with E-state index in [-0.39, 0.29) is 5.78 Å². The number of nitrogens with one attached hydrogen (secondary N) is 1. The molecule has 0 aliphatic rings. The van der Waals surface area contributed by atoms with E-state index in [0.29, 0.717) is 18.9 Å². The van der Waals surface area contributed by atoms with Crippen LogP contribution in [0.2, 0.25) is 0 Å². The number of Topliss-reactive ketones (excluding diaryl/α,β-unsaturated/α-hetero) is 1. The summed E-state index contributed by atoms with van der Waals surface area (Å²) in [6.07, 6.45) is 3.01. The number of carbonyl (C=O) groups is 1. The van der Waals surface area contributed by atoms with Gasteiger partial charge in [0.15, 0.2) is 0 Å². The van der Waals surface area contributed by atoms with Gasteiger partial charge in [-0.05, 0) is 20.3 Å². The van der Waals surface area contributed by atoms with E-state index >= 15 is 0 Å². The van der Waals surface area contributed by atoms with Gasteiger partial charge in [-0.15, -0.1) is 0 Å². The van der Waals surface area contributed by atoms with Crippen LogP contribution in [-0.2, 0) is 4.79 Å². The minimum absolute atomic E-state index is 0.203. The van der Waals surface area contributed by atoms with Gasteiger partial charge in [-0.1, -0.05) is 0 Å².